The van der Waals surface area contributed by atoms with Crippen LogP contribution < -0.4 is 5.32 Å². The number of amides is 1. The minimum absolute atomic E-state index is 0.00883. The number of hydrogen-bond acceptors (Lipinski definition) is 5. The summed E-state index contributed by atoms with van der Waals surface area (Å²) in [4.78, 5) is 21.8. The number of carbonyl (C=O) groups is 1. The predicted molar refractivity (Wildman–Crippen MR) is 136 cm³/mol. The molecule has 0 radical (unpaired) electrons. The smallest absolute Gasteiger partial charge is 0.374 e. The van der Waals surface area contributed by atoms with E-state index in [0.29, 0.717) is 10.2 Å². The predicted octanol–water partition coefficient (Wildman–Crippen LogP) is 7.58. The standard InChI is InChI=1S/C25H21Cl2F6N5O2/c1-11(2)21-34-23(36-38(21)20(30)19(28)29)35-22(39)17-5-4-13(6-12(17)3)18-10-24(40-37-18,25(31,32)33)14-7-15(26)9-16(27)8-14/h4-9,11,19-20H,10H2,1-3H3,(H,35,36,39). The minimum Gasteiger partial charge on any atom is -0.374 e. The lowest BCUT2D eigenvalue weighted by atomic mass is 9.86. The zero-order valence-corrected chi connectivity index (χ0v) is 22.5. The van der Waals surface area contributed by atoms with Gasteiger partial charge in [0.2, 0.25) is 5.95 Å². The first-order chi connectivity index (χ1) is 18.6. The molecule has 2 unspecified atom stereocenters. The van der Waals surface area contributed by atoms with Crippen LogP contribution in [0.3, 0.4) is 0 Å². The van der Waals surface area contributed by atoms with E-state index in [9.17, 15) is 31.1 Å². The molecule has 0 fully saturated rings. The summed E-state index contributed by atoms with van der Waals surface area (Å²) in [6, 6.07) is 7.65. The van der Waals surface area contributed by atoms with E-state index in [4.69, 9.17) is 28.0 Å². The van der Waals surface area contributed by atoms with Gasteiger partial charge in [-0.2, -0.15) is 18.2 Å². The molecule has 0 aliphatic carbocycles. The van der Waals surface area contributed by atoms with Gasteiger partial charge in [0, 0.05) is 33.5 Å². The second kappa shape index (κ2) is 10.9. The summed E-state index contributed by atoms with van der Waals surface area (Å²) in [6.45, 7) is 4.72. The van der Waals surface area contributed by atoms with Crippen molar-refractivity contribution in [3.05, 3.63) is 74.5 Å². The third-order valence-electron chi connectivity index (χ3n) is 6.16. The highest BCUT2D eigenvalue weighted by atomic mass is 35.5. The summed E-state index contributed by atoms with van der Waals surface area (Å²) >= 11 is 11.9. The van der Waals surface area contributed by atoms with E-state index >= 15 is 0 Å². The number of oxime groups is 1. The van der Waals surface area contributed by atoms with E-state index < -0.39 is 42.7 Å². The van der Waals surface area contributed by atoms with Gasteiger partial charge in [0.25, 0.3) is 24.2 Å². The minimum atomic E-state index is -4.88. The molecule has 2 atom stereocenters. The first-order valence-corrected chi connectivity index (χ1v) is 12.5. The van der Waals surface area contributed by atoms with Gasteiger partial charge >= 0.3 is 6.18 Å². The first kappa shape index (κ1) is 29.7. The number of rotatable bonds is 7. The number of aryl methyl sites for hydroxylation is 1. The van der Waals surface area contributed by atoms with Crippen LogP contribution in [0, 0.1) is 6.92 Å². The Morgan fingerprint density at radius 1 is 1.10 bits per heavy atom. The Labute approximate surface area is 234 Å². The van der Waals surface area contributed by atoms with Crippen molar-refractivity contribution in [3.63, 3.8) is 0 Å². The normalized spacial score (nSPS) is 18.2. The number of aromatic nitrogens is 3. The Morgan fingerprint density at radius 3 is 2.30 bits per heavy atom. The zero-order chi connectivity index (χ0) is 29.6. The van der Waals surface area contributed by atoms with Gasteiger partial charge in [-0.25, -0.2) is 17.9 Å². The van der Waals surface area contributed by atoms with Gasteiger partial charge in [0.05, 0.1) is 5.71 Å². The van der Waals surface area contributed by atoms with Crippen LogP contribution in [0.25, 0.3) is 0 Å². The Balaban J connectivity index is 1.58. The molecule has 0 spiro atoms. The van der Waals surface area contributed by atoms with Crippen LogP contribution >= 0.6 is 23.2 Å². The van der Waals surface area contributed by atoms with Gasteiger partial charge in [0.15, 0.2) is 0 Å². The van der Waals surface area contributed by atoms with Gasteiger partial charge in [-0.05, 0) is 48.4 Å². The number of hydrogen-bond donors (Lipinski definition) is 1. The summed E-state index contributed by atoms with van der Waals surface area (Å²) in [5, 5.41) is 9.68. The number of alkyl halides is 6. The molecular weight excluding hydrogens is 587 g/mol. The fourth-order valence-corrected chi connectivity index (χ4v) is 4.71. The molecule has 1 amide bonds. The molecule has 15 heteroatoms. The largest absolute Gasteiger partial charge is 0.435 e. The molecule has 0 bridgehead atoms. The van der Waals surface area contributed by atoms with Crippen LogP contribution in [0.2, 0.25) is 10.0 Å². The number of nitrogens with one attached hydrogen (secondary N) is 1. The van der Waals surface area contributed by atoms with Gasteiger partial charge in [-0.1, -0.05) is 48.3 Å². The molecule has 3 aromatic rings. The maximum absolute atomic E-state index is 14.3. The average Bonchev–Trinajstić information content (AvgIpc) is 3.48. The molecule has 1 aliphatic rings. The fourth-order valence-electron chi connectivity index (χ4n) is 4.18. The first-order valence-electron chi connectivity index (χ1n) is 11.7. The quantitative estimate of drug-likeness (QED) is 0.281. The summed E-state index contributed by atoms with van der Waals surface area (Å²) in [6.07, 6.45) is -11.7. The SMILES string of the molecule is Cc1cc(C2=NOC(c3cc(Cl)cc(Cl)c3)(C(F)(F)F)C2)ccc1C(=O)Nc1nc(C(C)C)n(C(F)C(F)F)n1. The van der Waals surface area contributed by atoms with Crippen LogP contribution in [0.4, 0.5) is 32.3 Å². The average molecular weight is 608 g/mol. The van der Waals surface area contributed by atoms with Crippen LogP contribution in [0.15, 0.2) is 41.6 Å². The number of halogens is 8. The lowest BCUT2D eigenvalue weighted by Crippen LogP contribution is -2.42. The van der Waals surface area contributed by atoms with Crippen molar-refractivity contribution in [2.24, 2.45) is 5.16 Å². The number of benzene rings is 2. The number of anilines is 1. The third kappa shape index (κ3) is 5.62. The highest BCUT2D eigenvalue weighted by Crippen LogP contribution is 2.49. The second-order valence-electron chi connectivity index (χ2n) is 9.37. The van der Waals surface area contributed by atoms with Crippen molar-refractivity contribution in [2.75, 3.05) is 5.32 Å². The van der Waals surface area contributed by atoms with Crippen molar-refractivity contribution in [1.29, 1.82) is 0 Å². The van der Waals surface area contributed by atoms with Crippen molar-refractivity contribution < 1.29 is 36.0 Å². The molecule has 2 heterocycles. The summed E-state index contributed by atoms with van der Waals surface area (Å²) in [5.41, 5.74) is -2.50. The molecule has 1 N–H and O–H groups in total. The van der Waals surface area contributed by atoms with Crippen LogP contribution in [-0.4, -0.2) is 39.0 Å². The lowest BCUT2D eigenvalue weighted by Gasteiger charge is -2.29. The van der Waals surface area contributed by atoms with Crippen molar-refractivity contribution in [3.8, 4) is 0 Å². The van der Waals surface area contributed by atoms with Crippen LogP contribution in [0.5, 0.6) is 0 Å². The molecule has 1 aromatic heterocycles. The number of carbonyl (C=O) groups excluding carboxylic acids is 1. The Kier molecular flexibility index (Phi) is 8.10. The highest BCUT2D eigenvalue weighted by molar-refractivity contribution is 6.34. The molecule has 2 aromatic carbocycles. The number of nitrogens with zero attached hydrogens (tertiary/aromatic N) is 4. The van der Waals surface area contributed by atoms with E-state index in [1.54, 1.807) is 13.8 Å². The molecular formula is C25H21Cl2F6N5O2. The van der Waals surface area contributed by atoms with Crippen LogP contribution in [0.1, 0.15) is 65.4 Å². The van der Waals surface area contributed by atoms with E-state index in [0.717, 1.165) is 12.1 Å². The Bertz CT molecular complexity index is 1460. The molecule has 214 valence electrons. The maximum atomic E-state index is 14.3. The van der Waals surface area contributed by atoms with E-state index in [1.165, 1.54) is 31.2 Å². The van der Waals surface area contributed by atoms with Crippen molar-refractivity contribution in [1.82, 2.24) is 14.8 Å². The molecule has 1 aliphatic heterocycles. The summed E-state index contributed by atoms with van der Waals surface area (Å²) in [7, 11) is 0. The second-order valence-corrected chi connectivity index (χ2v) is 10.2. The Morgan fingerprint density at radius 2 is 1.75 bits per heavy atom. The highest BCUT2D eigenvalue weighted by Gasteiger charge is 2.62. The third-order valence-corrected chi connectivity index (χ3v) is 6.60. The van der Waals surface area contributed by atoms with E-state index in [1.807, 2.05) is 0 Å². The topological polar surface area (TPSA) is 81.4 Å². The fraction of sp³-hybridized carbons (Fsp3) is 0.360. The van der Waals surface area contributed by atoms with Gasteiger partial charge in [-0.3, -0.25) is 10.1 Å². The van der Waals surface area contributed by atoms with Gasteiger partial charge in [0.1, 0.15) is 5.82 Å². The summed E-state index contributed by atoms with van der Waals surface area (Å²) < 4.78 is 83.0. The van der Waals surface area contributed by atoms with E-state index in [2.05, 4.69) is 20.6 Å². The molecule has 4 rings (SSSR count). The van der Waals surface area contributed by atoms with E-state index in [-0.39, 0.29) is 44.2 Å². The Hall–Kier alpha value is -3.32. The molecule has 0 saturated carbocycles. The molecule has 7 nitrogen and oxygen atoms in total. The maximum Gasteiger partial charge on any atom is 0.435 e. The van der Waals surface area contributed by atoms with Crippen molar-refractivity contribution in [2.45, 2.75) is 57.6 Å². The summed E-state index contributed by atoms with van der Waals surface area (Å²) in [5.74, 6) is -1.70. The monoisotopic (exact) mass is 607 g/mol. The molecule has 40 heavy (non-hydrogen) atoms. The molecule has 0 saturated heterocycles. The lowest BCUT2D eigenvalue weighted by molar-refractivity contribution is -0.275. The van der Waals surface area contributed by atoms with Gasteiger partial charge in [-0.15, -0.1) is 5.10 Å². The zero-order valence-electron chi connectivity index (χ0n) is 21.0. The van der Waals surface area contributed by atoms with Gasteiger partial charge < -0.3 is 4.84 Å². The van der Waals surface area contributed by atoms with Crippen molar-refractivity contribution >= 4 is 40.8 Å². The van der Waals surface area contributed by atoms with Crippen LogP contribution in [-0.2, 0) is 10.4 Å².